The fraction of sp³-hybridized carbons (Fsp3) is 0.562. The van der Waals surface area contributed by atoms with E-state index in [4.69, 9.17) is 4.74 Å². The van der Waals surface area contributed by atoms with Crippen LogP contribution in [0.15, 0.2) is 24.4 Å². The number of hydrogen-bond acceptors (Lipinski definition) is 4. The number of rotatable bonds is 4. The first-order valence-electron chi connectivity index (χ1n) is 7.47. The molecular weight excluding hydrogens is 282 g/mol. The molecule has 22 heavy (non-hydrogen) atoms. The number of aromatic nitrogens is 1. The highest BCUT2D eigenvalue weighted by atomic mass is 16.5. The van der Waals surface area contributed by atoms with Gasteiger partial charge in [-0.3, -0.25) is 14.6 Å². The molecule has 1 atom stereocenters. The zero-order chi connectivity index (χ0) is 16.2. The standard InChI is InChI=1S/C16H23N3O3/c1-13(20)19-10-11-22-16(2,12-19)15(21)18(3)9-7-14-6-4-5-8-17-14/h4-6,8H,7,9-12H2,1-3H3/t16-/m1/s1. The van der Waals surface area contributed by atoms with Gasteiger partial charge in [-0.05, 0) is 19.1 Å². The van der Waals surface area contributed by atoms with Gasteiger partial charge < -0.3 is 14.5 Å². The minimum absolute atomic E-state index is 0.0292. The van der Waals surface area contributed by atoms with Gasteiger partial charge in [-0.2, -0.15) is 0 Å². The smallest absolute Gasteiger partial charge is 0.256 e. The van der Waals surface area contributed by atoms with Gasteiger partial charge in [-0.15, -0.1) is 0 Å². The molecule has 120 valence electrons. The number of amides is 2. The van der Waals surface area contributed by atoms with Crippen LogP contribution in [0.2, 0.25) is 0 Å². The molecule has 0 N–H and O–H groups in total. The Balaban J connectivity index is 1.95. The highest BCUT2D eigenvalue weighted by molar-refractivity contribution is 5.86. The van der Waals surface area contributed by atoms with Gasteiger partial charge in [0.2, 0.25) is 5.91 Å². The van der Waals surface area contributed by atoms with Crippen molar-refractivity contribution in [2.24, 2.45) is 0 Å². The Hall–Kier alpha value is -1.95. The molecule has 0 saturated carbocycles. The number of morpholine rings is 1. The zero-order valence-corrected chi connectivity index (χ0v) is 13.4. The fourth-order valence-corrected chi connectivity index (χ4v) is 2.60. The summed E-state index contributed by atoms with van der Waals surface area (Å²) in [7, 11) is 1.76. The number of pyridine rings is 1. The van der Waals surface area contributed by atoms with Gasteiger partial charge >= 0.3 is 0 Å². The van der Waals surface area contributed by atoms with Gasteiger partial charge in [0.25, 0.3) is 5.91 Å². The molecule has 1 fully saturated rings. The van der Waals surface area contributed by atoms with E-state index in [1.54, 1.807) is 30.0 Å². The summed E-state index contributed by atoms with van der Waals surface area (Å²) >= 11 is 0. The van der Waals surface area contributed by atoms with E-state index < -0.39 is 5.60 Å². The van der Waals surface area contributed by atoms with E-state index in [2.05, 4.69) is 4.98 Å². The van der Waals surface area contributed by atoms with Crippen molar-refractivity contribution < 1.29 is 14.3 Å². The third-order valence-corrected chi connectivity index (χ3v) is 3.95. The van der Waals surface area contributed by atoms with Crippen molar-refractivity contribution >= 4 is 11.8 Å². The van der Waals surface area contributed by atoms with Crippen LogP contribution in [0, 0.1) is 0 Å². The first-order valence-corrected chi connectivity index (χ1v) is 7.47. The second-order valence-electron chi connectivity index (χ2n) is 5.82. The van der Waals surface area contributed by atoms with Gasteiger partial charge in [0.15, 0.2) is 5.60 Å². The average Bonchev–Trinajstić information content (AvgIpc) is 2.53. The number of likely N-dealkylation sites (N-methyl/N-ethyl adjacent to an activating group) is 1. The van der Waals surface area contributed by atoms with E-state index in [1.807, 2.05) is 18.2 Å². The molecule has 6 heteroatoms. The minimum Gasteiger partial charge on any atom is -0.362 e. The maximum atomic E-state index is 12.7. The highest BCUT2D eigenvalue weighted by Gasteiger charge is 2.41. The molecule has 2 amide bonds. The predicted octanol–water partition coefficient (Wildman–Crippen LogP) is 0.720. The first-order chi connectivity index (χ1) is 10.4. The van der Waals surface area contributed by atoms with E-state index in [9.17, 15) is 9.59 Å². The van der Waals surface area contributed by atoms with Gasteiger partial charge in [0.1, 0.15) is 0 Å². The van der Waals surface area contributed by atoms with Crippen molar-refractivity contribution in [2.45, 2.75) is 25.9 Å². The van der Waals surface area contributed by atoms with E-state index in [1.165, 1.54) is 6.92 Å². The number of carbonyl (C=O) groups excluding carboxylic acids is 2. The topological polar surface area (TPSA) is 62.7 Å². The summed E-state index contributed by atoms with van der Waals surface area (Å²) in [5, 5.41) is 0. The summed E-state index contributed by atoms with van der Waals surface area (Å²) in [6, 6.07) is 5.74. The Morgan fingerprint density at radius 2 is 2.23 bits per heavy atom. The van der Waals surface area contributed by atoms with Crippen LogP contribution in [-0.4, -0.2) is 65.5 Å². The summed E-state index contributed by atoms with van der Waals surface area (Å²) < 4.78 is 5.68. The van der Waals surface area contributed by atoms with Gasteiger partial charge in [-0.25, -0.2) is 0 Å². The Morgan fingerprint density at radius 3 is 2.86 bits per heavy atom. The van der Waals surface area contributed by atoms with Crippen LogP contribution >= 0.6 is 0 Å². The number of nitrogens with zero attached hydrogens (tertiary/aromatic N) is 3. The zero-order valence-electron chi connectivity index (χ0n) is 13.4. The molecule has 0 unspecified atom stereocenters. The molecule has 2 rings (SSSR count). The summed E-state index contributed by atoms with van der Waals surface area (Å²) in [5.41, 5.74) is -0.0230. The summed E-state index contributed by atoms with van der Waals surface area (Å²) in [4.78, 5) is 31.7. The van der Waals surface area contributed by atoms with Crippen molar-refractivity contribution in [3.05, 3.63) is 30.1 Å². The van der Waals surface area contributed by atoms with Crippen LogP contribution in [0.5, 0.6) is 0 Å². The summed E-state index contributed by atoms with van der Waals surface area (Å²) in [6.07, 6.45) is 2.43. The van der Waals surface area contributed by atoms with Crippen molar-refractivity contribution in [2.75, 3.05) is 33.3 Å². The Labute approximate surface area is 131 Å². The SMILES string of the molecule is CC(=O)N1CCO[C@@](C)(C(=O)N(C)CCc2ccccn2)C1. The molecule has 2 heterocycles. The fourth-order valence-electron chi connectivity index (χ4n) is 2.60. The molecule has 0 aliphatic carbocycles. The van der Waals surface area contributed by atoms with E-state index >= 15 is 0 Å². The van der Waals surface area contributed by atoms with E-state index in [0.717, 1.165) is 5.69 Å². The molecular formula is C16H23N3O3. The third kappa shape index (κ3) is 3.82. The van der Waals surface area contributed by atoms with Crippen molar-refractivity contribution in [1.29, 1.82) is 0 Å². The van der Waals surface area contributed by atoms with E-state index in [-0.39, 0.29) is 11.8 Å². The summed E-state index contributed by atoms with van der Waals surface area (Å²) in [6.45, 7) is 5.05. The Kier molecular flexibility index (Phi) is 5.13. The molecule has 0 spiro atoms. The lowest BCUT2D eigenvalue weighted by molar-refractivity contribution is -0.169. The minimum atomic E-state index is -0.969. The van der Waals surface area contributed by atoms with Crippen LogP contribution in [0.1, 0.15) is 19.5 Å². The monoisotopic (exact) mass is 305 g/mol. The molecule has 0 bridgehead atoms. The van der Waals surface area contributed by atoms with Gasteiger partial charge in [0, 0.05) is 45.4 Å². The maximum Gasteiger partial charge on any atom is 0.256 e. The number of carbonyl (C=O) groups is 2. The van der Waals surface area contributed by atoms with E-state index in [0.29, 0.717) is 32.7 Å². The predicted molar refractivity (Wildman–Crippen MR) is 82.2 cm³/mol. The van der Waals surface area contributed by atoms with Crippen molar-refractivity contribution in [3.63, 3.8) is 0 Å². The van der Waals surface area contributed by atoms with Crippen molar-refractivity contribution in [3.8, 4) is 0 Å². The van der Waals surface area contributed by atoms with Crippen LogP contribution < -0.4 is 0 Å². The lowest BCUT2D eigenvalue weighted by atomic mass is 10.0. The summed E-state index contributed by atoms with van der Waals surface area (Å²) in [5.74, 6) is -0.132. The number of ether oxygens (including phenoxy) is 1. The molecule has 0 radical (unpaired) electrons. The second kappa shape index (κ2) is 6.87. The van der Waals surface area contributed by atoms with Crippen LogP contribution in [0.3, 0.4) is 0 Å². The second-order valence-corrected chi connectivity index (χ2v) is 5.82. The molecule has 0 aromatic carbocycles. The number of hydrogen-bond donors (Lipinski definition) is 0. The first kappa shape index (κ1) is 16.4. The lowest BCUT2D eigenvalue weighted by Crippen LogP contribution is -2.59. The Morgan fingerprint density at radius 1 is 1.45 bits per heavy atom. The quantitative estimate of drug-likeness (QED) is 0.822. The maximum absolute atomic E-state index is 12.7. The molecule has 1 aliphatic heterocycles. The lowest BCUT2D eigenvalue weighted by Gasteiger charge is -2.40. The van der Waals surface area contributed by atoms with Crippen LogP contribution in [0.4, 0.5) is 0 Å². The largest absolute Gasteiger partial charge is 0.362 e. The van der Waals surface area contributed by atoms with Gasteiger partial charge in [0.05, 0.1) is 13.2 Å². The van der Waals surface area contributed by atoms with Crippen LogP contribution in [0.25, 0.3) is 0 Å². The molecule has 1 aromatic rings. The van der Waals surface area contributed by atoms with Crippen LogP contribution in [-0.2, 0) is 20.7 Å². The average molecular weight is 305 g/mol. The molecule has 1 aromatic heterocycles. The molecule has 1 saturated heterocycles. The normalized spacial score (nSPS) is 21.5. The third-order valence-electron chi connectivity index (χ3n) is 3.95. The molecule has 6 nitrogen and oxygen atoms in total. The van der Waals surface area contributed by atoms with Gasteiger partial charge in [-0.1, -0.05) is 6.07 Å². The Bertz CT molecular complexity index is 535. The molecule has 1 aliphatic rings. The highest BCUT2D eigenvalue weighted by Crippen LogP contribution is 2.20. The van der Waals surface area contributed by atoms with Crippen molar-refractivity contribution in [1.82, 2.24) is 14.8 Å².